The second kappa shape index (κ2) is 6.57. The lowest BCUT2D eigenvalue weighted by Gasteiger charge is -2.33. The molecule has 2 heterocycles. The van der Waals surface area contributed by atoms with E-state index in [9.17, 15) is 9.59 Å². The van der Waals surface area contributed by atoms with E-state index in [2.05, 4.69) is 4.98 Å². The van der Waals surface area contributed by atoms with E-state index in [-0.39, 0.29) is 17.8 Å². The Hall–Kier alpha value is -1.66. The smallest absolute Gasteiger partial charge is 0.410 e. The summed E-state index contributed by atoms with van der Waals surface area (Å²) in [6.45, 7) is 6.62. The fraction of sp³-hybridized carbons (Fsp3) is 0.529. The van der Waals surface area contributed by atoms with E-state index in [4.69, 9.17) is 27.9 Å². The highest BCUT2D eigenvalue weighted by molar-refractivity contribution is 6.44. The third-order valence-corrected chi connectivity index (χ3v) is 5.07. The van der Waals surface area contributed by atoms with Crippen LogP contribution in [-0.4, -0.2) is 39.2 Å². The van der Waals surface area contributed by atoms with Gasteiger partial charge in [0, 0.05) is 19.1 Å². The first kappa shape index (κ1) is 18.1. The summed E-state index contributed by atoms with van der Waals surface area (Å²) in [7, 11) is 0. The molecule has 1 N–H and O–H groups in total. The Balaban J connectivity index is 1.79. The quantitative estimate of drug-likeness (QED) is 0.799. The number of amides is 1. The summed E-state index contributed by atoms with van der Waals surface area (Å²) < 4.78 is 7.12. The van der Waals surface area contributed by atoms with Gasteiger partial charge in [-0.1, -0.05) is 23.2 Å². The number of hydrogen-bond donors (Lipinski definition) is 1. The number of hydrogen-bond acceptors (Lipinski definition) is 3. The highest BCUT2D eigenvalue weighted by Gasteiger charge is 2.29. The van der Waals surface area contributed by atoms with Gasteiger partial charge in [-0.3, -0.25) is 4.57 Å². The summed E-state index contributed by atoms with van der Waals surface area (Å²) in [5.74, 6) is 0. The lowest BCUT2D eigenvalue weighted by atomic mass is 10.0. The molecule has 25 heavy (non-hydrogen) atoms. The number of benzene rings is 1. The number of carbonyl (C=O) groups excluding carboxylic acids is 1. The molecule has 3 rings (SSSR count). The largest absolute Gasteiger partial charge is 0.444 e. The summed E-state index contributed by atoms with van der Waals surface area (Å²) in [6, 6.07) is 3.48. The van der Waals surface area contributed by atoms with Gasteiger partial charge in [0.05, 0.1) is 21.1 Å². The summed E-state index contributed by atoms with van der Waals surface area (Å²) in [4.78, 5) is 29.0. The molecule has 1 aliphatic heterocycles. The van der Waals surface area contributed by atoms with Crippen LogP contribution in [0.4, 0.5) is 4.79 Å². The Morgan fingerprint density at radius 1 is 1.24 bits per heavy atom. The molecule has 6 nitrogen and oxygen atoms in total. The van der Waals surface area contributed by atoms with Crippen molar-refractivity contribution in [2.75, 3.05) is 13.1 Å². The number of imidazole rings is 1. The molecule has 1 fully saturated rings. The molecule has 1 saturated heterocycles. The molecule has 1 amide bonds. The van der Waals surface area contributed by atoms with Crippen LogP contribution in [0.5, 0.6) is 0 Å². The lowest BCUT2D eigenvalue weighted by molar-refractivity contribution is 0.0189. The molecule has 2 aromatic rings. The number of H-pyrrole nitrogens is 1. The van der Waals surface area contributed by atoms with Gasteiger partial charge in [-0.2, -0.15) is 0 Å². The molecular formula is C17H21Cl2N3O3. The maximum Gasteiger partial charge on any atom is 0.410 e. The predicted molar refractivity (Wildman–Crippen MR) is 98.7 cm³/mol. The van der Waals surface area contributed by atoms with Gasteiger partial charge < -0.3 is 14.6 Å². The fourth-order valence-corrected chi connectivity index (χ4v) is 3.50. The van der Waals surface area contributed by atoms with Gasteiger partial charge in [-0.05, 0) is 45.7 Å². The van der Waals surface area contributed by atoms with Crippen LogP contribution in [0.2, 0.25) is 10.0 Å². The zero-order chi connectivity index (χ0) is 18.4. The standard InChI is InChI=1S/C17H21Cl2N3O3/c1-17(2,3)25-16(24)21-8-6-10(7-9-21)22-12-5-4-11(18)13(19)14(12)20-15(22)23/h4-5,10H,6-9H2,1-3H3,(H,20,23). The van der Waals surface area contributed by atoms with Crippen LogP contribution in [0, 0.1) is 0 Å². The molecule has 0 bridgehead atoms. The molecule has 1 aromatic heterocycles. The van der Waals surface area contributed by atoms with E-state index in [1.54, 1.807) is 21.6 Å². The highest BCUT2D eigenvalue weighted by atomic mass is 35.5. The number of aromatic nitrogens is 2. The minimum Gasteiger partial charge on any atom is -0.444 e. The number of nitrogens with one attached hydrogen (secondary N) is 1. The van der Waals surface area contributed by atoms with Crippen molar-refractivity contribution in [3.8, 4) is 0 Å². The molecule has 0 aliphatic carbocycles. The number of piperidine rings is 1. The second-order valence-corrected chi connectivity index (χ2v) is 8.04. The molecule has 1 aromatic carbocycles. The minimum absolute atomic E-state index is 0.00261. The van der Waals surface area contributed by atoms with Gasteiger partial charge in [-0.25, -0.2) is 9.59 Å². The van der Waals surface area contributed by atoms with Gasteiger partial charge in [0.25, 0.3) is 0 Å². The number of aromatic amines is 1. The fourth-order valence-electron chi connectivity index (χ4n) is 3.13. The first-order chi connectivity index (χ1) is 11.7. The van der Waals surface area contributed by atoms with Gasteiger partial charge in [0.15, 0.2) is 0 Å². The van der Waals surface area contributed by atoms with Crippen molar-refractivity contribution in [2.24, 2.45) is 0 Å². The van der Waals surface area contributed by atoms with E-state index in [1.165, 1.54) is 0 Å². The first-order valence-electron chi connectivity index (χ1n) is 8.23. The lowest BCUT2D eigenvalue weighted by Crippen LogP contribution is -2.43. The zero-order valence-corrected chi connectivity index (χ0v) is 15.9. The maximum atomic E-state index is 12.4. The van der Waals surface area contributed by atoms with Crippen molar-refractivity contribution >= 4 is 40.3 Å². The molecule has 0 atom stereocenters. The number of carbonyl (C=O) groups is 1. The van der Waals surface area contributed by atoms with E-state index in [0.717, 1.165) is 5.52 Å². The van der Waals surface area contributed by atoms with Crippen molar-refractivity contribution in [2.45, 2.75) is 45.3 Å². The van der Waals surface area contributed by atoms with Crippen LogP contribution in [0.1, 0.15) is 39.7 Å². The van der Waals surface area contributed by atoms with Crippen molar-refractivity contribution < 1.29 is 9.53 Å². The molecule has 0 radical (unpaired) electrons. The first-order valence-corrected chi connectivity index (χ1v) is 8.99. The Bertz CT molecular complexity index is 858. The molecule has 8 heteroatoms. The zero-order valence-electron chi connectivity index (χ0n) is 14.4. The van der Waals surface area contributed by atoms with Crippen LogP contribution in [-0.2, 0) is 4.74 Å². The summed E-state index contributed by atoms with van der Waals surface area (Å²) in [5.41, 5.74) is 0.552. The number of likely N-dealkylation sites (tertiary alicyclic amines) is 1. The Morgan fingerprint density at radius 3 is 2.48 bits per heavy atom. The van der Waals surface area contributed by atoms with Gasteiger partial charge in [-0.15, -0.1) is 0 Å². The molecular weight excluding hydrogens is 365 g/mol. The molecule has 0 spiro atoms. The summed E-state index contributed by atoms with van der Waals surface area (Å²) in [5, 5.41) is 0.753. The van der Waals surface area contributed by atoms with Crippen LogP contribution in [0.15, 0.2) is 16.9 Å². The molecule has 136 valence electrons. The van der Waals surface area contributed by atoms with Crippen LogP contribution >= 0.6 is 23.2 Å². The summed E-state index contributed by atoms with van der Waals surface area (Å²) in [6.07, 6.45) is 1.03. The molecule has 1 aliphatic rings. The van der Waals surface area contributed by atoms with Gasteiger partial charge in [0.1, 0.15) is 5.60 Å². The number of fused-ring (bicyclic) bond motifs is 1. The Morgan fingerprint density at radius 2 is 1.88 bits per heavy atom. The summed E-state index contributed by atoms with van der Waals surface area (Å²) >= 11 is 12.2. The van der Waals surface area contributed by atoms with Crippen LogP contribution < -0.4 is 5.69 Å². The third-order valence-electron chi connectivity index (χ3n) is 4.26. The van der Waals surface area contributed by atoms with Gasteiger partial charge >= 0.3 is 11.8 Å². The number of rotatable bonds is 1. The van der Waals surface area contributed by atoms with Crippen molar-refractivity contribution in [3.05, 3.63) is 32.7 Å². The van der Waals surface area contributed by atoms with E-state index < -0.39 is 5.60 Å². The minimum atomic E-state index is -0.516. The molecule has 0 saturated carbocycles. The van der Waals surface area contributed by atoms with Crippen molar-refractivity contribution in [3.63, 3.8) is 0 Å². The number of ether oxygens (including phenoxy) is 1. The Kier molecular flexibility index (Phi) is 4.77. The molecule has 0 unspecified atom stereocenters. The monoisotopic (exact) mass is 385 g/mol. The Labute approximate surface area is 155 Å². The van der Waals surface area contributed by atoms with Crippen LogP contribution in [0.25, 0.3) is 11.0 Å². The average molecular weight is 386 g/mol. The van der Waals surface area contributed by atoms with Crippen molar-refractivity contribution in [1.82, 2.24) is 14.5 Å². The second-order valence-electron chi connectivity index (χ2n) is 7.25. The number of nitrogens with zero attached hydrogens (tertiary/aromatic N) is 2. The predicted octanol–water partition coefficient (Wildman–Crippen LogP) is 4.21. The van der Waals surface area contributed by atoms with E-state index in [0.29, 0.717) is 41.5 Å². The van der Waals surface area contributed by atoms with E-state index >= 15 is 0 Å². The topological polar surface area (TPSA) is 67.3 Å². The third kappa shape index (κ3) is 3.65. The normalized spacial score (nSPS) is 16.4. The van der Waals surface area contributed by atoms with Gasteiger partial charge in [0.2, 0.25) is 0 Å². The average Bonchev–Trinajstić information content (AvgIpc) is 2.86. The van der Waals surface area contributed by atoms with Crippen LogP contribution in [0.3, 0.4) is 0 Å². The van der Waals surface area contributed by atoms with E-state index in [1.807, 2.05) is 20.8 Å². The maximum absolute atomic E-state index is 12.4. The number of halogens is 2. The SMILES string of the molecule is CC(C)(C)OC(=O)N1CCC(n2c(=O)[nH]c3c(Cl)c(Cl)ccc32)CC1. The highest BCUT2D eigenvalue weighted by Crippen LogP contribution is 2.32. The van der Waals surface area contributed by atoms with Crippen molar-refractivity contribution in [1.29, 1.82) is 0 Å².